The van der Waals surface area contributed by atoms with E-state index in [9.17, 15) is 13.6 Å². The molecule has 0 aromatic carbocycles. The highest BCUT2D eigenvalue weighted by atomic mass is 79.9. The van der Waals surface area contributed by atoms with Crippen molar-refractivity contribution in [2.24, 2.45) is 0 Å². The largest absolute Gasteiger partial charge is 0.494 e. The number of hydrogen-bond acceptors (Lipinski definition) is 4. The Morgan fingerprint density at radius 1 is 1.53 bits per heavy atom. The van der Waals surface area contributed by atoms with Crippen molar-refractivity contribution in [3.63, 3.8) is 0 Å². The molecule has 0 radical (unpaired) electrons. The Bertz CT molecular complexity index is 426. The van der Waals surface area contributed by atoms with Gasteiger partial charge in [0.15, 0.2) is 0 Å². The van der Waals surface area contributed by atoms with Gasteiger partial charge in [-0.3, -0.25) is 4.79 Å². The van der Waals surface area contributed by atoms with E-state index >= 15 is 0 Å². The number of ether oxygens (including phenoxy) is 2. The van der Waals surface area contributed by atoms with Gasteiger partial charge in [-0.15, -0.1) is 0 Å². The molecule has 17 heavy (non-hydrogen) atoms. The summed E-state index contributed by atoms with van der Waals surface area (Å²) in [6.07, 6.45) is -2.93. The molecule has 1 heterocycles. The average molecular weight is 310 g/mol. The van der Waals surface area contributed by atoms with Gasteiger partial charge >= 0.3 is 5.97 Å². The van der Waals surface area contributed by atoms with Crippen LogP contribution in [0.4, 0.5) is 8.78 Å². The van der Waals surface area contributed by atoms with E-state index in [-0.39, 0.29) is 16.8 Å². The van der Waals surface area contributed by atoms with Crippen molar-refractivity contribution in [3.8, 4) is 5.75 Å². The fourth-order valence-electron chi connectivity index (χ4n) is 1.31. The molecule has 1 aromatic heterocycles. The lowest BCUT2D eigenvalue weighted by Crippen LogP contribution is -2.08. The van der Waals surface area contributed by atoms with Crippen molar-refractivity contribution in [1.29, 1.82) is 0 Å². The number of carbonyl (C=O) groups is 1. The van der Waals surface area contributed by atoms with Crippen LogP contribution in [-0.4, -0.2) is 25.2 Å². The highest BCUT2D eigenvalue weighted by Crippen LogP contribution is 2.32. The molecule has 4 nitrogen and oxygen atoms in total. The molecule has 7 heteroatoms. The molecule has 0 aliphatic rings. The van der Waals surface area contributed by atoms with E-state index in [2.05, 4.69) is 25.7 Å². The topological polar surface area (TPSA) is 48.4 Å². The zero-order chi connectivity index (χ0) is 13.0. The van der Waals surface area contributed by atoms with Crippen LogP contribution < -0.4 is 4.74 Å². The van der Waals surface area contributed by atoms with Crippen LogP contribution in [-0.2, 0) is 16.0 Å². The van der Waals surface area contributed by atoms with Gasteiger partial charge in [0, 0.05) is 5.56 Å². The van der Waals surface area contributed by atoms with Crippen LogP contribution in [0.25, 0.3) is 0 Å². The van der Waals surface area contributed by atoms with E-state index in [0.29, 0.717) is 5.56 Å². The maximum absolute atomic E-state index is 12.7. The van der Waals surface area contributed by atoms with Gasteiger partial charge in [0.25, 0.3) is 6.43 Å². The number of aromatic nitrogens is 1. The van der Waals surface area contributed by atoms with Crippen molar-refractivity contribution < 1.29 is 23.0 Å². The van der Waals surface area contributed by atoms with Crippen LogP contribution in [0.5, 0.6) is 5.75 Å². The summed E-state index contributed by atoms with van der Waals surface area (Å²) in [5.41, 5.74) is -0.197. The zero-order valence-electron chi connectivity index (χ0n) is 9.17. The van der Waals surface area contributed by atoms with E-state index in [0.717, 1.165) is 0 Å². The molecule has 0 saturated carbocycles. The summed E-state index contributed by atoms with van der Waals surface area (Å²) in [5.74, 6) is -0.629. The Kier molecular flexibility index (Phi) is 4.80. The molecule has 0 aliphatic carbocycles. The maximum Gasteiger partial charge on any atom is 0.310 e. The number of pyridine rings is 1. The molecule has 94 valence electrons. The smallest absolute Gasteiger partial charge is 0.310 e. The Labute approximate surface area is 105 Å². The summed E-state index contributed by atoms with van der Waals surface area (Å²) in [5, 5.41) is 0. The van der Waals surface area contributed by atoms with Gasteiger partial charge < -0.3 is 9.47 Å². The maximum atomic E-state index is 12.7. The standard InChI is InChI=1S/C10H10BrF2NO3/c1-16-7(15)4-5-3-6(11)14-8(10(12)13)9(5)17-2/h3,10H,4H2,1-2H3. The zero-order valence-corrected chi connectivity index (χ0v) is 10.8. The van der Waals surface area contributed by atoms with Gasteiger partial charge in [-0.25, -0.2) is 13.8 Å². The number of esters is 1. The molecule has 0 atom stereocenters. The Morgan fingerprint density at radius 2 is 2.18 bits per heavy atom. The van der Waals surface area contributed by atoms with Gasteiger partial charge in [-0.1, -0.05) is 0 Å². The molecule has 1 rings (SSSR count). The van der Waals surface area contributed by atoms with Crippen LogP contribution in [0, 0.1) is 0 Å². The summed E-state index contributed by atoms with van der Waals surface area (Å²) in [6, 6.07) is 1.45. The van der Waals surface area contributed by atoms with Crippen molar-refractivity contribution >= 4 is 21.9 Å². The summed E-state index contributed by atoms with van der Waals surface area (Å²) in [6.45, 7) is 0. The van der Waals surface area contributed by atoms with Gasteiger partial charge in [0.2, 0.25) is 0 Å². The number of nitrogens with zero attached hydrogens (tertiary/aromatic N) is 1. The number of halogens is 3. The molecule has 0 fully saturated rings. The minimum absolute atomic E-state index is 0.0893. The molecule has 0 unspecified atom stereocenters. The quantitative estimate of drug-likeness (QED) is 0.633. The summed E-state index contributed by atoms with van der Waals surface area (Å²) in [4.78, 5) is 14.8. The van der Waals surface area contributed by atoms with Gasteiger partial charge in [0.05, 0.1) is 20.6 Å². The minimum Gasteiger partial charge on any atom is -0.494 e. The lowest BCUT2D eigenvalue weighted by Gasteiger charge is -2.12. The first-order chi connectivity index (χ1) is 7.99. The van der Waals surface area contributed by atoms with Crippen molar-refractivity contribution in [1.82, 2.24) is 4.98 Å². The highest BCUT2D eigenvalue weighted by molar-refractivity contribution is 9.10. The van der Waals surface area contributed by atoms with E-state index in [1.54, 1.807) is 0 Å². The summed E-state index contributed by atoms with van der Waals surface area (Å²) < 4.78 is 35.0. The third kappa shape index (κ3) is 3.36. The monoisotopic (exact) mass is 309 g/mol. The average Bonchev–Trinajstić information content (AvgIpc) is 2.28. The van der Waals surface area contributed by atoms with Gasteiger partial charge in [-0.05, 0) is 22.0 Å². The third-order valence-electron chi connectivity index (χ3n) is 2.02. The Hall–Kier alpha value is -1.24. The molecule has 0 amide bonds. The van der Waals surface area contributed by atoms with Crippen molar-refractivity contribution in [2.45, 2.75) is 12.8 Å². The van der Waals surface area contributed by atoms with E-state index in [1.807, 2.05) is 0 Å². The first-order valence-corrected chi connectivity index (χ1v) is 5.37. The molecule has 1 aromatic rings. The number of hydrogen-bond donors (Lipinski definition) is 0. The minimum atomic E-state index is -2.78. The normalized spacial score (nSPS) is 10.5. The van der Waals surface area contributed by atoms with Gasteiger partial charge in [0.1, 0.15) is 16.0 Å². The SMILES string of the molecule is COC(=O)Cc1cc(Br)nc(C(F)F)c1OC. The predicted octanol–water partition coefficient (Wildman–Crippen LogP) is 2.51. The molecule has 0 spiro atoms. The number of rotatable bonds is 4. The Balaban J connectivity index is 3.23. The van der Waals surface area contributed by atoms with E-state index < -0.39 is 18.1 Å². The number of carbonyl (C=O) groups excluding carboxylic acids is 1. The fourth-order valence-corrected chi connectivity index (χ4v) is 1.78. The molecular weight excluding hydrogens is 300 g/mol. The number of methoxy groups -OCH3 is 2. The van der Waals surface area contributed by atoms with Crippen LogP contribution >= 0.6 is 15.9 Å². The highest BCUT2D eigenvalue weighted by Gasteiger charge is 2.21. The van der Waals surface area contributed by atoms with Crippen LogP contribution in [0.15, 0.2) is 10.7 Å². The molecule has 0 saturated heterocycles. The Morgan fingerprint density at radius 3 is 2.65 bits per heavy atom. The van der Waals surface area contributed by atoms with E-state index in [4.69, 9.17) is 4.74 Å². The van der Waals surface area contributed by atoms with Gasteiger partial charge in [-0.2, -0.15) is 0 Å². The van der Waals surface area contributed by atoms with Crippen LogP contribution in [0.1, 0.15) is 17.7 Å². The van der Waals surface area contributed by atoms with Crippen LogP contribution in [0.3, 0.4) is 0 Å². The third-order valence-corrected chi connectivity index (χ3v) is 2.42. The van der Waals surface area contributed by atoms with Crippen molar-refractivity contribution in [3.05, 3.63) is 21.9 Å². The number of alkyl halides is 2. The van der Waals surface area contributed by atoms with Crippen molar-refractivity contribution in [2.75, 3.05) is 14.2 Å². The molecular formula is C10H10BrF2NO3. The second-order valence-electron chi connectivity index (χ2n) is 3.08. The fraction of sp³-hybridized carbons (Fsp3) is 0.400. The van der Waals surface area contributed by atoms with Crippen LogP contribution in [0.2, 0.25) is 0 Å². The summed E-state index contributed by atoms with van der Waals surface area (Å²) in [7, 11) is 2.47. The first-order valence-electron chi connectivity index (χ1n) is 4.57. The lowest BCUT2D eigenvalue weighted by atomic mass is 10.1. The molecule has 0 bridgehead atoms. The predicted molar refractivity (Wildman–Crippen MR) is 59.2 cm³/mol. The molecule has 0 aliphatic heterocycles. The summed E-state index contributed by atoms with van der Waals surface area (Å²) >= 11 is 3.00. The lowest BCUT2D eigenvalue weighted by molar-refractivity contribution is -0.139. The first kappa shape index (κ1) is 13.8. The van der Waals surface area contributed by atoms with E-state index in [1.165, 1.54) is 20.3 Å². The molecule has 0 N–H and O–H groups in total. The second kappa shape index (κ2) is 5.90. The second-order valence-corrected chi connectivity index (χ2v) is 3.89.